The number of nitrogen functional groups attached to an aromatic ring is 1. The van der Waals surface area contributed by atoms with Crippen molar-refractivity contribution in [3.63, 3.8) is 0 Å². The minimum Gasteiger partial charge on any atom is -0.335 e. The first-order valence-electron chi connectivity index (χ1n) is 8.14. The van der Waals surface area contributed by atoms with Crippen molar-refractivity contribution in [1.29, 1.82) is 0 Å². The van der Waals surface area contributed by atoms with E-state index in [-0.39, 0.29) is 5.41 Å². The number of rotatable bonds is 4. The first kappa shape index (κ1) is 19.1. The molecule has 0 aliphatic rings. The first-order valence-corrected chi connectivity index (χ1v) is 9.88. The standard InChI is InChI=1S/C19H20Cl2N4S/c1-19(2,3)13-6-4-12(5-7-13)11-26-18-24-23-17(25(18)22)15-9-8-14(20)10-16(15)21/h4-10H,11,22H2,1-3H3. The van der Waals surface area contributed by atoms with Crippen molar-refractivity contribution in [1.82, 2.24) is 14.9 Å². The Bertz CT molecular complexity index is 914. The van der Waals surface area contributed by atoms with Crippen molar-refractivity contribution in [2.75, 3.05) is 5.84 Å². The van der Waals surface area contributed by atoms with E-state index in [9.17, 15) is 0 Å². The second kappa shape index (κ2) is 7.51. The van der Waals surface area contributed by atoms with Crippen molar-refractivity contribution < 1.29 is 0 Å². The molecule has 1 aromatic heterocycles. The van der Waals surface area contributed by atoms with Crippen molar-refractivity contribution in [2.24, 2.45) is 0 Å². The molecule has 0 fully saturated rings. The average Bonchev–Trinajstić information content (AvgIpc) is 2.93. The van der Waals surface area contributed by atoms with Crippen molar-refractivity contribution in [3.8, 4) is 11.4 Å². The second-order valence-electron chi connectivity index (χ2n) is 7.04. The SMILES string of the molecule is CC(C)(C)c1ccc(CSc2nnc(-c3ccc(Cl)cc3Cl)n2N)cc1. The van der Waals surface area contributed by atoms with Crippen LogP contribution in [0.3, 0.4) is 0 Å². The van der Waals surface area contributed by atoms with E-state index in [4.69, 9.17) is 29.0 Å². The molecule has 136 valence electrons. The van der Waals surface area contributed by atoms with Gasteiger partial charge in [0.05, 0.1) is 5.02 Å². The molecule has 3 rings (SSSR count). The highest BCUT2D eigenvalue weighted by Crippen LogP contribution is 2.31. The molecule has 3 aromatic rings. The van der Waals surface area contributed by atoms with Gasteiger partial charge in [-0.15, -0.1) is 10.2 Å². The number of hydrogen-bond acceptors (Lipinski definition) is 4. The average molecular weight is 407 g/mol. The maximum absolute atomic E-state index is 6.24. The molecule has 4 nitrogen and oxygen atoms in total. The third-order valence-corrected chi connectivity index (χ3v) is 5.59. The van der Waals surface area contributed by atoms with Crippen LogP contribution < -0.4 is 5.84 Å². The molecule has 0 aliphatic carbocycles. The van der Waals surface area contributed by atoms with E-state index in [1.807, 2.05) is 0 Å². The number of nitrogens with two attached hydrogens (primary N) is 1. The highest BCUT2D eigenvalue weighted by Gasteiger charge is 2.16. The Kier molecular flexibility index (Phi) is 5.51. The molecule has 2 N–H and O–H groups in total. The molecule has 0 amide bonds. The van der Waals surface area contributed by atoms with Crippen LogP contribution in [0.4, 0.5) is 0 Å². The van der Waals surface area contributed by atoms with Crippen LogP contribution in [0.1, 0.15) is 31.9 Å². The van der Waals surface area contributed by atoms with Crippen LogP contribution in [0.5, 0.6) is 0 Å². The summed E-state index contributed by atoms with van der Waals surface area (Å²) in [6.07, 6.45) is 0. The van der Waals surface area contributed by atoms with Crippen LogP contribution in [0.2, 0.25) is 10.0 Å². The van der Waals surface area contributed by atoms with E-state index >= 15 is 0 Å². The summed E-state index contributed by atoms with van der Waals surface area (Å²) < 4.78 is 1.46. The van der Waals surface area contributed by atoms with Crippen molar-refractivity contribution in [3.05, 3.63) is 63.6 Å². The first-order chi connectivity index (χ1) is 12.3. The van der Waals surface area contributed by atoms with E-state index in [2.05, 4.69) is 55.2 Å². The van der Waals surface area contributed by atoms with E-state index in [1.165, 1.54) is 27.6 Å². The summed E-state index contributed by atoms with van der Waals surface area (Å²) in [5.41, 5.74) is 3.37. The lowest BCUT2D eigenvalue weighted by Crippen LogP contribution is -2.12. The topological polar surface area (TPSA) is 56.7 Å². The van der Waals surface area contributed by atoms with Crippen molar-refractivity contribution >= 4 is 35.0 Å². The zero-order valence-corrected chi connectivity index (χ0v) is 17.2. The van der Waals surface area contributed by atoms with Gasteiger partial charge in [0.15, 0.2) is 5.82 Å². The van der Waals surface area contributed by atoms with Crippen LogP contribution in [-0.4, -0.2) is 14.9 Å². The molecule has 0 saturated carbocycles. The van der Waals surface area contributed by atoms with Crippen LogP contribution in [0.15, 0.2) is 47.6 Å². The number of halogens is 2. The molecule has 0 bridgehead atoms. The van der Waals surface area contributed by atoms with Gasteiger partial charge in [0.25, 0.3) is 0 Å². The van der Waals surface area contributed by atoms with E-state index in [0.29, 0.717) is 26.6 Å². The monoisotopic (exact) mass is 406 g/mol. The molecule has 2 aromatic carbocycles. The smallest absolute Gasteiger partial charge is 0.210 e. The van der Waals surface area contributed by atoms with Crippen LogP contribution in [-0.2, 0) is 11.2 Å². The number of hydrogen-bond donors (Lipinski definition) is 1. The van der Waals surface area contributed by atoms with Gasteiger partial charge in [-0.25, -0.2) is 4.68 Å². The van der Waals surface area contributed by atoms with Crippen LogP contribution in [0, 0.1) is 0 Å². The van der Waals surface area contributed by atoms with Gasteiger partial charge in [0.2, 0.25) is 5.16 Å². The Morgan fingerprint density at radius 2 is 1.73 bits per heavy atom. The molecule has 1 heterocycles. The Balaban J connectivity index is 1.75. The fraction of sp³-hybridized carbons (Fsp3) is 0.263. The zero-order chi connectivity index (χ0) is 18.9. The van der Waals surface area contributed by atoms with Crippen molar-refractivity contribution in [2.45, 2.75) is 37.1 Å². The Morgan fingerprint density at radius 3 is 2.35 bits per heavy atom. The molecule has 0 spiro atoms. The van der Waals surface area contributed by atoms with E-state index in [1.54, 1.807) is 18.2 Å². The van der Waals surface area contributed by atoms with E-state index < -0.39 is 0 Å². The third-order valence-electron chi connectivity index (χ3n) is 4.02. The molecular formula is C19H20Cl2N4S. The predicted molar refractivity (Wildman–Crippen MR) is 110 cm³/mol. The van der Waals surface area contributed by atoms with Gasteiger partial charge < -0.3 is 5.84 Å². The Labute approximate surface area is 167 Å². The largest absolute Gasteiger partial charge is 0.335 e. The van der Waals surface area contributed by atoms with Gasteiger partial charge in [0, 0.05) is 16.3 Å². The fourth-order valence-electron chi connectivity index (χ4n) is 2.48. The van der Waals surface area contributed by atoms with Crippen LogP contribution >= 0.6 is 35.0 Å². The Hall–Kier alpha value is -1.69. The summed E-state index contributed by atoms with van der Waals surface area (Å²) in [7, 11) is 0. The third kappa shape index (κ3) is 4.17. The van der Waals surface area contributed by atoms with Gasteiger partial charge in [-0.1, -0.05) is 80.0 Å². The van der Waals surface area contributed by atoms with Crippen LogP contribution in [0.25, 0.3) is 11.4 Å². The van der Waals surface area contributed by atoms with Gasteiger partial charge in [-0.2, -0.15) is 0 Å². The zero-order valence-electron chi connectivity index (χ0n) is 14.8. The highest BCUT2D eigenvalue weighted by molar-refractivity contribution is 7.98. The summed E-state index contributed by atoms with van der Waals surface area (Å²) in [6, 6.07) is 13.8. The maximum Gasteiger partial charge on any atom is 0.210 e. The normalized spacial score (nSPS) is 11.7. The number of aromatic nitrogens is 3. The molecule has 0 saturated heterocycles. The lowest BCUT2D eigenvalue weighted by molar-refractivity contribution is 0.590. The molecule has 0 aliphatic heterocycles. The number of benzene rings is 2. The number of thioether (sulfide) groups is 1. The molecular weight excluding hydrogens is 387 g/mol. The lowest BCUT2D eigenvalue weighted by Gasteiger charge is -2.19. The van der Waals surface area contributed by atoms with E-state index in [0.717, 1.165) is 5.75 Å². The summed E-state index contributed by atoms with van der Waals surface area (Å²) in [5, 5.41) is 10.0. The summed E-state index contributed by atoms with van der Waals surface area (Å²) >= 11 is 13.7. The molecule has 0 radical (unpaired) electrons. The van der Waals surface area contributed by atoms with Gasteiger partial charge in [0.1, 0.15) is 0 Å². The van der Waals surface area contributed by atoms with Gasteiger partial charge >= 0.3 is 0 Å². The molecule has 0 unspecified atom stereocenters. The minimum atomic E-state index is 0.149. The molecule has 26 heavy (non-hydrogen) atoms. The summed E-state index contributed by atoms with van der Waals surface area (Å²) in [5.74, 6) is 7.44. The number of nitrogens with zero attached hydrogens (tertiary/aromatic N) is 3. The molecule has 7 heteroatoms. The minimum absolute atomic E-state index is 0.149. The Morgan fingerprint density at radius 1 is 1.04 bits per heavy atom. The summed E-state index contributed by atoms with van der Waals surface area (Å²) in [4.78, 5) is 0. The lowest BCUT2D eigenvalue weighted by atomic mass is 9.87. The highest BCUT2D eigenvalue weighted by atomic mass is 35.5. The summed E-state index contributed by atoms with van der Waals surface area (Å²) in [6.45, 7) is 6.62. The maximum atomic E-state index is 6.24. The molecule has 0 atom stereocenters. The predicted octanol–water partition coefficient (Wildman–Crippen LogP) is 5.56. The quantitative estimate of drug-likeness (QED) is 0.455. The fourth-order valence-corrected chi connectivity index (χ4v) is 3.78. The van der Waals surface area contributed by atoms with Gasteiger partial charge in [-0.05, 0) is 34.7 Å². The van der Waals surface area contributed by atoms with Gasteiger partial charge in [-0.3, -0.25) is 0 Å². The second-order valence-corrected chi connectivity index (χ2v) is 8.82.